The molecule has 0 saturated heterocycles. The van der Waals surface area contributed by atoms with Crippen LogP contribution in [-0.2, 0) is 9.53 Å². The summed E-state index contributed by atoms with van der Waals surface area (Å²) in [7, 11) is 0. The predicted octanol–water partition coefficient (Wildman–Crippen LogP) is 2.18. The van der Waals surface area contributed by atoms with Gasteiger partial charge in [0.2, 0.25) is 6.17 Å². The average molecular weight is 387 g/mol. The number of aromatic carboxylic acids is 1. The maximum atomic E-state index is 13.9. The molecule has 0 aliphatic carbocycles. The number of esters is 1. The standard InChI is InChI=1S/C12H13BrFNO5.ClH/c1-2-20-12(19)8(14)9(15)7-6(13)4-3-5(10(7)16)11(17)18;/h3-4,8-9,16H,2,15H2,1H3,(H,17,18);1H/t8?,9-;/m0./s1. The molecule has 9 heteroatoms. The van der Waals surface area contributed by atoms with Gasteiger partial charge in [0.15, 0.2) is 0 Å². The minimum Gasteiger partial charge on any atom is -0.507 e. The smallest absolute Gasteiger partial charge is 0.342 e. The molecule has 1 rings (SSSR count). The lowest BCUT2D eigenvalue weighted by atomic mass is 9.99. The highest BCUT2D eigenvalue weighted by atomic mass is 79.9. The number of benzene rings is 1. The van der Waals surface area contributed by atoms with Crippen molar-refractivity contribution in [2.24, 2.45) is 5.73 Å². The number of rotatable bonds is 5. The van der Waals surface area contributed by atoms with Crippen LogP contribution in [0.25, 0.3) is 0 Å². The summed E-state index contributed by atoms with van der Waals surface area (Å²) in [5, 5.41) is 18.8. The van der Waals surface area contributed by atoms with E-state index in [1.54, 1.807) is 0 Å². The van der Waals surface area contributed by atoms with Crippen LogP contribution in [0.2, 0.25) is 0 Å². The molecule has 0 spiro atoms. The van der Waals surface area contributed by atoms with Crippen LogP contribution in [0.3, 0.4) is 0 Å². The molecular formula is C12H14BrClFNO5. The van der Waals surface area contributed by atoms with E-state index in [2.05, 4.69) is 20.7 Å². The van der Waals surface area contributed by atoms with Gasteiger partial charge in [-0.15, -0.1) is 12.4 Å². The molecule has 0 radical (unpaired) electrons. The number of carboxylic acid groups (broad SMARTS) is 1. The van der Waals surface area contributed by atoms with Crippen molar-refractivity contribution >= 4 is 40.3 Å². The van der Waals surface area contributed by atoms with Gasteiger partial charge in [-0.3, -0.25) is 0 Å². The zero-order valence-corrected chi connectivity index (χ0v) is 13.3. The molecule has 0 heterocycles. The number of carbonyl (C=O) groups excluding carboxylic acids is 1. The van der Waals surface area contributed by atoms with Gasteiger partial charge in [0.25, 0.3) is 0 Å². The SMILES string of the molecule is CCOC(=O)C(F)[C@@H](N)c1c(Br)ccc(C(=O)O)c1O.Cl. The first-order valence-electron chi connectivity index (χ1n) is 5.62. The molecule has 4 N–H and O–H groups in total. The molecule has 0 aliphatic heterocycles. The van der Waals surface area contributed by atoms with Crippen molar-refractivity contribution in [3.05, 3.63) is 27.7 Å². The number of carboxylic acids is 1. The third-order valence-corrected chi connectivity index (χ3v) is 3.25. The monoisotopic (exact) mass is 385 g/mol. The molecule has 0 amide bonds. The summed E-state index contributed by atoms with van der Waals surface area (Å²) in [5.74, 6) is -3.26. The second-order valence-corrected chi connectivity index (χ2v) is 4.70. The number of alkyl halides is 1. The van der Waals surface area contributed by atoms with E-state index in [1.807, 2.05) is 0 Å². The van der Waals surface area contributed by atoms with E-state index in [1.165, 1.54) is 13.0 Å². The fourth-order valence-corrected chi connectivity index (χ4v) is 2.17. The summed E-state index contributed by atoms with van der Waals surface area (Å²) >= 11 is 3.04. The predicted molar refractivity (Wildman–Crippen MR) is 78.5 cm³/mol. The molecule has 0 bridgehead atoms. The van der Waals surface area contributed by atoms with E-state index >= 15 is 0 Å². The maximum absolute atomic E-state index is 13.9. The van der Waals surface area contributed by atoms with Crippen LogP contribution >= 0.6 is 28.3 Å². The Morgan fingerprint density at radius 3 is 2.52 bits per heavy atom. The number of phenols is 1. The van der Waals surface area contributed by atoms with Gasteiger partial charge < -0.3 is 20.7 Å². The molecule has 0 aliphatic rings. The van der Waals surface area contributed by atoms with Crippen molar-refractivity contribution in [1.82, 2.24) is 0 Å². The highest BCUT2D eigenvalue weighted by Crippen LogP contribution is 2.36. The second kappa shape index (κ2) is 8.16. The zero-order valence-electron chi connectivity index (χ0n) is 10.9. The number of halogens is 3. The molecule has 1 unspecified atom stereocenters. The minimum absolute atomic E-state index is 0. The Labute approximate surface area is 134 Å². The van der Waals surface area contributed by atoms with Gasteiger partial charge in [0.05, 0.1) is 12.6 Å². The third kappa shape index (κ3) is 4.29. The van der Waals surface area contributed by atoms with Crippen LogP contribution in [0.4, 0.5) is 4.39 Å². The highest BCUT2D eigenvalue weighted by Gasteiger charge is 2.32. The summed E-state index contributed by atoms with van der Waals surface area (Å²) < 4.78 is 18.6. The fraction of sp³-hybridized carbons (Fsp3) is 0.333. The number of carbonyl (C=O) groups is 2. The molecule has 1 aromatic rings. The molecule has 0 fully saturated rings. The van der Waals surface area contributed by atoms with Gasteiger partial charge in [0.1, 0.15) is 11.3 Å². The van der Waals surface area contributed by atoms with E-state index < -0.39 is 35.5 Å². The minimum atomic E-state index is -2.22. The average Bonchev–Trinajstić information content (AvgIpc) is 2.37. The Morgan fingerprint density at radius 1 is 1.48 bits per heavy atom. The first-order chi connectivity index (χ1) is 9.31. The largest absolute Gasteiger partial charge is 0.507 e. The summed E-state index contributed by atoms with van der Waals surface area (Å²) in [6.45, 7) is 1.49. The Hall–Kier alpha value is -1.38. The van der Waals surface area contributed by atoms with E-state index in [9.17, 15) is 19.1 Å². The Kier molecular flexibility index (Phi) is 7.62. The maximum Gasteiger partial charge on any atom is 0.342 e. The van der Waals surface area contributed by atoms with Crippen LogP contribution < -0.4 is 5.73 Å². The van der Waals surface area contributed by atoms with Gasteiger partial charge in [-0.1, -0.05) is 15.9 Å². The lowest BCUT2D eigenvalue weighted by Crippen LogP contribution is -2.32. The summed E-state index contributed by atoms with van der Waals surface area (Å²) in [6, 6.07) is 0.883. The van der Waals surface area contributed by atoms with Crippen LogP contribution in [0.5, 0.6) is 5.75 Å². The number of hydrogen-bond acceptors (Lipinski definition) is 5. The number of nitrogens with two attached hydrogens (primary N) is 1. The van der Waals surface area contributed by atoms with E-state index in [4.69, 9.17) is 10.8 Å². The Balaban J connectivity index is 0.00000400. The number of aromatic hydroxyl groups is 1. The second-order valence-electron chi connectivity index (χ2n) is 3.84. The van der Waals surface area contributed by atoms with Crippen molar-refractivity contribution < 1.29 is 28.9 Å². The number of hydrogen-bond donors (Lipinski definition) is 3. The van der Waals surface area contributed by atoms with Gasteiger partial charge in [-0.25, -0.2) is 14.0 Å². The van der Waals surface area contributed by atoms with Crippen molar-refractivity contribution in [2.45, 2.75) is 19.1 Å². The van der Waals surface area contributed by atoms with Crippen LogP contribution in [0.15, 0.2) is 16.6 Å². The Morgan fingerprint density at radius 2 is 2.05 bits per heavy atom. The summed E-state index contributed by atoms with van der Waals surface area (Å²) in [5.41, 5.74) is 4.94. The van der Waals surface area contributed by atoms with Gasteiger partial charge in [-0.05, 0) is 19.1 Å². The fourth-order valence-electron chi connectivity index (χ4n) is 1.59. The van der Waals surface area contributed by atoms with E-state index in [0.29, 0.717) is 0 Å². The van der Waals surface area contributed by atoms with Gasteiger partial charge in [0, 0.05) is 10.0 Å². The molecule has 6 nitrogen and oxygen atoms in total. The van der Waals surface area contributed by atoms with Gasteiger partial charge >= 0.3 is 11.9 Å². The van der Waals surface area contributed by atoms with Crippen molar-refractivity contribution in [2.75, 3.05) is 6.61 Å². The molecule has 21 heavy (non-hydrogen) atoms. The number of ether oxygens (including phenoxy) is 1. The van der Waals surface area contributed by atoms with Gasteiger partial charge in [-0.2, -0.15) is 0 Å². The normalized spacial score (nSPS) is 13.0. The van der Waals surface area contributed by atoms with E-state index in [0.717, 1.165) is 6.07 Å². The van der Waals surface area contributed by atoms with Crippen molar-refractivity contribution in [3.63, 3.8) is 0 Å². The lowest BCUT2D eigenvalue weighted by Gasteiger charge is -2.19. The van der Waals surface area contributed by atoms with Crippen LogP contribution in [0, 0.1) is 0 Å². The zero-order chi connectivity index (χ0) is 15.4. The molecule has 0 saturated carbocycles. The van der Waals surface area contributed by atoms with Crippen molar-refractivity contribution in [1.29, 1.82) is 0 Å². The molecular weight excluding hydrogens is 372 g/mol. The van der Waals surface area contributed by atoms with Crippen LogP contribution in [-0.4, -0.2) is 34.9 Å². The molecule has 2 atom stereocenters. The first kappa shape index (κ1) is 19.6. The Bertz CT molecular complexity index is 543. The molecule has 1 aromatic carbocycles. The summed E-state index contributed by atoms with van der Waals surface area (Å²) in [6.07, 6.45) is -2.22. The topological polar surface area (TPSA) is 110 Å². The first-order valence-corrected chi connectivity index (χ1v) is 6.41. The van der Waals surface area contributed by atoms with E-state index in [-0.39, 0.29) is 29.1 Å². The summed E-state index contributed by atoms with van der Waals surface area (Å²) in [4.78, 5) is 22.2. The quantitative estimate of drug-likeness (QED) is 0.669. The lowest BCUT2D eigenvalue weighted by molar-refractivity contribution is -0.149. The third-order valence-electron chi connectivity index (χ3n) is 2.55. The molecule has 0 aromatic heterocycles. The van der Waals surface area contributed by atoms with Crippen molar-refractivity contribution in [3.8, 4) is 5.75 Å². The highest BCUT2D eigenvalue weighted by molar-refractivity contribution is 9.10. The van der Waals surface area contributed by atoms with Crippen LogP contribution in [0.1, 0.15) is 28.9 Å². The molecule has 118 valence electrons.